The first-order valence-electron chi connectivity index (χ1n) is 17.4. The van der Waals surface area contributed by atoms with Gasteiger partial charge in [0, 0.05) is 39.6 Å². The zero-order valence-corrected chi connectivity index (χ0v) is 28.2. The summed E-state index contributed by atoms with van der Waals surface area (Å²) in [4.78, 5) is 0. The first kappa shape index (κ1) is 42.5. The van der Waals surface area contributed by atoms with Crippen LogP contribution in [0.15, 0.2) is 0 Å². The van der Waals surface area contributed by atoms with E-state index < -0.39 is 0 Å². The van der Waals surface area contributed by atoms with Crippen LogP contribution >= 0.6 is 0 Å². The molecule has 270 valence electrons. The van der Waals surface area contributed by atoms with Crippen LogP contribution in [0.3, 0.4) is 0 Å². The van der Waals surface area contributed by atoms with E-state index in [0.717, 1.165) is 97.8 Å². The van der Waals surface area contributed by atoms with Crippen molar-refractivity contribution in [2.24, 2.45) is 0 Å². The Morgan fingerprint density at radius 2 is 0.222 bits per heavy atom. The van der Waals surface area contributed by atoms with E-state index in [9.17, 15) is 0 Å². The predicted molar refractivity (Wildman–Crippen MR) is 171 cm³/mol. The molecule has 3 aliphatic rings. The van der Waals surface area contributed by atoms with E-state index >= 15 is 0 Å². The molecule has 0 saturated carbocycles. The molecule has 0 radical (unpaired) electrons. The fourth-order valence-corrected chi connectivity index (χ4v) is 4.04. The molecule has 0 N–H and O–H groups in total. The number of hydrogen-bond donors (Lipinski definition) is 0. The summed E-state index contributed by atoms with van der Waals surface area (Å²) in [6, 6.07) is 0. The molecule has 0 bridgehead atoms. The first-order valence-corrected chi connectivity index (χ1v) is 17.4. The van der Waals surface area contributed by atoms with Gasteiger partial charge in [-0.1, -0.05) is 0 Å². The molecule has 3 aliphatic heterocycles. The predicted octanol–water partition coefficient (Wildman–Crippen LogP) is 3.71. The van der Waals surface area contributed by atoms with Crippen molar-refractivity contribution in [1.29, 1.82) is 0 Å². The van der Waals surface area contributed by atoms with Crippen LogP contribution < -0.4 is 0 Å². The van der Waals surface area contributed by atoms with Gasteiger partial charge in [0.1, 0.15) is 0 Å². The van der Waals surface area contributed by atoms with Crippen molar-refractivity contribution in [2.75, 3.05) is 159 Å². The second kappa shape index (κ2) is 39.7. The molecular weight excluding hydrogens is 588 g/mol. The summed E-state index contributed by atoms with van der Waals surface area (Å²) >= 11 is 0. The summed E-state index contributed by atoms with van der Waals surface area (Å²) in [6.07, 6.45) is 10.2. The van der Waals surface area contributed by atoms with E-state index in [2.05, 4.69) is 0 Å². The van der Waals surface area contributed by atoms with Gasteiger partial charge in [-0.25, -0.2) is 0 Å². The minimum absolute atomic E-state index is 0.611. The Labute approximate surface area is 273 Å². The van der Waals surface area contributed by atoms with Crippen LogP contribution in [0.1, 0.15) is 57.8 Å². The highest BCUT2D eigenvalue weighted by Gasteiger charge is 1.98. The molecule has 0 unspecified atom stereocenters. The Hall–Kier alpha value is -0.480. The molecule has 0 aromatic heterocycles. The van der Waals surface area contributed by atoms with E-state index in [-0.39, 0.29) is 0 Å². The lowest BCUT2D eigenvalue weighted by Gasteiger charge is -2.09. The van der Waals surface area contributed by atoms with Crippen molar-refractivity contribution < 1.29 is 56.8 Å². The van der Waals surface area contributed by atoms with Crippen LogP contribution in [0.25, 0.3) is 0 Å². The quantitative estimate of drug-likeness (QED) is 0.380. The minimum atomic E-state index is 0.611. The molecule has 0 aromatic carbocycles. The third-order valence-electron chi connectivity index (χ3n) is 6.58. The molecule has 45 heavy (non-hydrogen) atoms. The van der Waals surface area contributed by atoms with Crippen molar-refractivity contribution in [1.82, 2.24) is 0 Å². The molecule has 3 heterocycles. The van der Waals surface area contributed by atoms with Crippen LogP contribution in [-0.4, -0.2) is 159 Å². The van der Waals surface area contributed by atoms with Gasteiger partial charge in [-0.3, -0.25) is 0 Å². The third-order valence-corrected chi connectivity index (χ3v) is 6.58. The summed E-state index contributed by atoms with van der Waals surface area (Å²) in [5.74, 6) is 0. The average molecular weight is 655 g/mol. The largest absolute Gasteiger partial charge is 0.379 e. The molecule has 3 fully saturated rings. The van der Waals surface area contributed by atoms with E-state index in [0.29, 0.717) is 106 Å². The summed E-state index contributed by atoms with van der Waals surface area (Å²) < 4.78 is 64.4. The van der Waals surface area contributed by atoms with Crippen molar-refractivity contribution in [3.63, 3.8) is 0 Å². The standard InChI is InChI=1S/C13H26O5.C11H22O4.C9H18O3/c1-2-4-14-6-8-16-10-12-18-13-11-17-9-7-15-5-3-1;1-2-4-12-6-8-14-10-11-15-9-7-13-5-3-1;1-2-4-10-6-8-12-9-7-11-5-3-1/h1-13H2;1-11H2;1-9H2. The maximum absolute atomic E-state index is 5.45. The van der Waals surface area contributed by atoms with Gasteiger partial charge in [0.15, 0.2) is 0 Å². The monoisotopic (exact) mass is 654 g/mol. The van der Waals surface area contributed by atoms with E-state index in [4.69, 9.17) is 56.8 Å². The molecule has 0 amide bonds. The van der Waals surface area contributed by atoms with E-state index in [1.807, 2.05) is 0 Å². The van der Waals surface area contributed by atoms with Crippen LogP contribution in [-0.2, 0) is 56.8 Å². The van der Waals surface area contributed by atoms with Gasteiger partial charge in [-0.15, -0.1) is 0 Å². The second-order valence-electron chi connectivity index (χ2n) is 10.5. The molecule has 12 nitrogen and oxygen atoms in total. The van der Waals surface area contributed by atoms with Crippen molar-refractivity contribution in [3.8, 4) is 0 Å². The Balaban J connectivity index is 0.000000344. The van der Waals surface area contributed by atoms with Crippen molar-refractivity contribution >= 4 is 0 Å². The lowest BCUT2D eigenvalue weighted by atomic mass is 10.2. The maximum atomic E-state index is 5.45. The first-order chi connectivity index (χ1) is 22.5. The maximum Gasteiger partial charge on any atom is 0.0701 e. The fourth-order valence-electron chi connectivity index (χ4n) is 4.04. The van der Waals surface area contributed by atoms with Crippen molar-refractivity contribution in [3.05, 3.63) is 0 Å². The van der Waals surface area contributed by atoms with Gasteiger partial charge in [0.2, 0.25) is 0 Å². The molecular formula is C33H66O12. The average Bonchev–Trinajstić information content (AvgIpc) is 3.06. The number of ether oxygens (including phenoxy) is 12. The molecule has 0 aliphatic carbocycles. The third kappa shape index (κ3) is 37.9. The Bertz CT molecular complexity index is 355. The highest BCUT2D eigenvalue weighted by atomic mass is 16.6. The Morgan fingerprint density at radius 1 is 0.111 bits per heavy atom. The SMILES string of the molecule is C1CCOCCOCCOCC1.C1CCOCCOCCOCCOCC1.C1CCOCCOCCOCCOCCOCC1. The molecule has 3 rings (SSSR count). The van der Waals surface area contributed by atoms with Crippen molar-refractivity contribution in [2.45, 2.75) is 57.8 Å². The van der Waals surface area contributed by atoms with E-state index in [1.54, 1.807) is 0 Å². The minimum Gasteiger partial charge on any atom is -0.379 e. The summed E-state index contributed by atoms with van der Waals surface area (Å²) in [5.41, 5.74) is 0. The zero-order valence-electron chi connectivity index (χ0n) is 28.2. The van der Waals surface area contributed by atoms with Gasteiger partial charge in [0.05, 0.1) is 119 Å². The summed E-state index contributed by atoms with van der Waals surface area (Å²) in [7, 11) is 0. The highest BCUT2D eigenvalue weighted by molar-refractivity contribution is 4.45. The van der Waals surface area contributed by atoms with Gasteiger partial charge in [-0.05, 0) is 57.8 Å². The lowest BCUT2D eigenvalue weighted by molar-refractivity contribution is -0.0135. The highest BCUT2D eigenvalue weighted by Crippen LogP contribution is 1.99. The molecule has 3 saturated heterocycles. The summed E-state index contributed by atoms with van der Waals surface area (Å²) in [5, 5.41) is 0. The van der Waals surface area contributed by atoms with Gasteiger partial charge >= 0.3 is 0 Å². The van der Waals surface area contributed by atoms with Crippen LogP contribution in [0, 0.1) is 0 Å². The number of hydrogen-bond acceptors (Lipinski definition) is 12. The lowest BCUT2D eigenvalue weighted by Crippen LogP contribution is -2.14. The van der Waals surface area contributed by atoms with Gasteiger partial charge in [-0.2, -0.15) is 0 Å². The zero-order chi connectivity index (χ0) is 31.8. The normalized spacial score (nSPS) is 24.0. The topological polar surface area (TPSA) is 111 Å². The van der Waals surface area contributed by atoms with Crippen LogP contribution in [0.4, 0.5) is 0 Å². The molecule has 0 spiro atoms. The number of rotatable bonds is 0. The summed E-state index contributed by atoms with van der Waals surface area (Å²) in [6.45, 7) is 16.9. The smallest absolute Gasteiger partial charge is 0.0701 e. The van der Waals surface area contributed by atoms with Crippen LogP contribution in [0.2, 0.25) is 0 Å². The van der Waals surface area contributed by atoms with Gasteiger partial charge in [0.25, 0.3) is 0 Å². The Morgan fingerprint density at radius 3 is 0.356 bits per heavy atom. The van der Waals surface area contributed by atoms with Crippen LogP contribution in [0.5, 0.6) is 0 Å². The fraction of sp³-hybridized carbons (Fsp3) is 1.00. The molecule has 0 aromatic rings. The Kier molecular flexibility index (Phi) is 37.5. The molecule has 12 heteroatoms. The second-order valence-corrected chi connectivity index (χ2v) is 10.5. The van der Waals surface area contributed by atoms with E-state index in [1.165, 1.54) is 12.8 Å². The molecule has 0 atom stereocenters. The van der Waals surface area contributed by atoms with Gasteiger partial charge < -0.3 is 56.8 Å².